The van der Waals surface area contributed by atoms with Crippen molar-refractivity contribution in [2.75, 3.05) is 24.3 Å². The van der Waals surface area contributed by atoms with Gasteiger partial charge in [0.25, 0.3) is 0 Å². The van der Waals surface area contributed by atoms with Crippen LogP contribution in [0.5, 0.6) is 0 Å². The number of anilines is 2. The smallest absolute Gasteiger partial charge is 0.224 e. The molecule has 2 N–H and O–H groups in total. The lowest BCUT2D eigenvalue weighted by Gasteiger charge is -2.15. The van der Waals surface area contributed by atoms with Crippen LogP contribution in [0.4, 0.5) is 11.8 Å². The van der Waals surface area contributed by atoms with Crippen LogP contribution < -0.4 is 10.6 Å². The van der Waals surface area contributed by atoms with Crippen molar-refractivity contribution in [3.63, 3.8) is 0 Å². The summed E-state index contributed by atoms with van der Waals surface area (Å²) in [6.45, 7) is 2.96. The Morgan fingerprint density at radius 1 is 1.47 bits per heavy atom. The molecule has 1 aliphatic carbocycles. The number of nitrogens with zero attached hydrogens (tertiary/aromatic N) is 2. The summed E-state index contributed by atoms with van der Waals surface area (Å²) < 4.78 is 5.37. The summed E-state index contributed by atoms with van der Waals surface area (Å²) in [5.41, 5.74) is 0. The summed E-state index contributed by atoms with van der Waals surface area (Å²) in [7, 11) is 1.76. The summed E-state index contributed by atoms with van der Waals surface area (Å²) in [6.07, 6.45) is 6.17. The van der Waals surface area contributed by atoms with Crippen molar-refractivity contribution in [1.82, 2.24) is 9.97 Å². The molecule has 6 heteroatoms. The standard InChI is InChI=1S/C13H21ClN4O/c1-3-6-15-13-16-8-11(14)12(18-13)17-9-4-5-10(7-9)19-2/h8-10H,3-7H2,1-2H3,(H2,15,16,17,18). The molecule has 2 rings (SSSR count). The molecule has 1 saturated carbocycles. The molecule has 1 aromatic heterocycles. The van der Waals surface area contributed by atoms with Gasteiger partial charge in [0.1, 0.15) is 5.02 Å². The summed E-state index contributed by atoms with van der Waals surface area (Å²) in [4.78, 5) is 8.58. The summed E-state index contributed by atoms with van der Waals surface area (Å²) in [6, 6.07) is 0.372. The number of halogens is 1. The molecule has 0 aliphatic heterocycles. The molecule has 0 saturated heterocycles. The monoisotopic (exact) mass is 284 g/mol. The normalized spacial score (nSPS) is 22.5. The average molecular weight is 285 g/mol. The molecule has 0 aromatic carbocycles. The van der Waals surface area contributed by atoms with Gasteiger partial charge in [-0.25, -0.2) is 4.98 Å². The van der Waals surface area contributed by atoms with E-state index in [1.54, 1.807) is 13.3 Å². The number of rotatable bonds is 6. The average Bonchev–Trinajstić information content (AvgIpc) is 2.87. The SMILES string of the molecule is CCCNc1ncc(Cl)c(NC2CCC(OC)C2)n1. The minimum Gasteiger partial charge on any atom is -0.381 e. The van der Waals surface area contributed by atoms with Crippen molar-refractivity contribution in [2.24, 2.45) is 0 Å². The van der Waals surface area contributed by atoms with Crippen LogP contribution in [0.2, 0.25) is 5.02 Å². The second-order valence-electron chi connectivity index (χ2n) is 4.83. The topological polar surface area (TPSA) is 59.1 Å². The van der Waals surface area contributed by atoms with Crippen LogP contribution in [-0.2, 0) is 4.74 Å². The van der Waals surface area contributed by atoms with Crippen LogP contribution in [0.15, 0.2) is 6.20 Å². The molecule has 1 aliphatic rings. The molecule has 0 amide bonds. The van der Waals surface area contributed by atoms with Crippen LogP contribution in [-0.4, -0.2) is 35.8 Å². The maximum atomic E-state index is 6.13. The van der Waals surface area contributed by atoms with E-state index in [2.05, 4.69) is 27.5 Å². The Morgan fingerprint density at radius 2 is 2.32 bits per heavy atom. The van der Waals surface area contributed by atoms with Gasteiger partial charge >= 0.3 is 0 Å². The molecule has 2 unspecified atom stereocenters. The lowest BCUT2D eigenvalue weighted by Crippen LogP contribution is -2.19. The lowest BCUT2D eigenvalue weighted by molar-refractivity contribution is 0.108. The zero-order valence-electron chi connectivity index (χ0n) is 11.4. The predicted octanol–water partition coefficient (Wildman–Crippen LogP) is 2.93. The largest absolute Gasteiger partial charge is 0.381 e. The van der Waals surface area contributed by atoms with Gasteiger partial charge in [-0.1, -0.05) is 18.5 Å². The maximum Gasteiger partial charge on any atom is 0.224 e. The minimum atomic E-state index is 0.343. The fourth-order valence-electron chi connectivity index (χ4n) is 2.27. The number of methoxy groups -OCH3 is 1. The zero-order chi connectivity index (χ0) is 13.7. The van der Waals surface area contributed by atoms with Crippen molar-refractivity contribution in [3.8, 4) is 0 Å². The fraction of sp³-hybridized carbons (Fsp3) is 0.692. The Kier molecular flexibility index (Phi) is 5.22. The number of ether oxygens (including phenoxy) is 1. The molecule has 0 spiro atoms. The minimum absolute atomic E-state index is 0.343. The third-order valence-electron chi connectivity index (χ3n) is 3.34. The molecule has 19 heavy (non-hydrogen) atoms. The highest BCUT2D eigenvalue weighted by Crippen LogP contribution is 2.27. The predicted molar refractivity (Wildman–Crippen MR) is 77.9 cm³/mol. The lowest BCUT2D eigenvalue weighted by atomic mass is 10.2. The van der Waals surface area contributed by atoms with Crippen LogP contribution in [0.3, 0.4) is 0 Å². The van der Waals surface area contributed by atoms with Crippen LogP contribution >= 0.6 is 11.6 Å². The van der Waals surface area contributed by atoms with E-state index in [4.69, 9.17) is 16.3 Å². The van der Waals surface area contributed by atoms with E-state index in [9.17, 15) is 0 Å². The Morgan fingerprint density at radius 3 is 3.00 bits per heavy atom. The van der Waals surface area contributed by atoms with E-state index in [1.807, 2.05) is 0 Å². The van der Waals surface area contributed by atoms with Gasteiger partial charge in [0.15, 0.2) is 5.82 Å². The highest BCUT2D eigenvalue weighted by atomic mass is 35.5. The first-order valence-corrected chi connectivity index (χ1v) is 7.16. The third-order valence-corrected chi connectivity index (χ3v) is 3.61. The Hall–Kier alpha value is -1.07. The van der Waals surface area contributed by atoms with Gasteiger partial charge < -0.3 is 15.4 Å². The van der Waals surface area contributed by atoms with E-state index in [0.717, 1.165) is 32.2 Å². The van der Waals surface area contributed by atoms with Gasteiger partial charge in [0.2, 0.25) is 5.95 Å². The van der Waals surface area contributed by atoms with Gasteiger partial charge in [-0.2, -0.15) is 4.98 Å². The van der Waals surface area contributed by atoms with Gasteiger partial charge in [-0.15, -0.1) is 0 Å². The first kappa shape index (κ1) is 14.3. The van der Waals surface area contributed by atoms with E-state index in [1.165, 1.54) is 0 Å². The molecule has 1 heterocycles. The second kappa shape index (κ2) is 6.91. The highest BCUT2D eigenvalue weighted by Gasteiger charge is 2.25. The van der Waals surface area contributed by atoms with E-state index in [-0.39, 0.29) is 0 Å². The van der Waals surface area contributed by atoms with Crippen LogP contribution in [0, 0.1) is 0 Å². The van der Waals surface area contributed by atoms with Gasteiger partial charge in [0, 0.05) is 19.7 Å². The Bertz CT molecular complexity index is 416. The van der Waals surface area contributed by atoms with Gasteiger partial charge in [-0.05, 0) is 25.7 Å². The van der Waals surface area contributed by atoms with Crippen molar-refractivity contribution in [2.45, 2.75) is 44.8 Å². The van der Waals surface area contributed by atoms with E-state index >= 15 is 0 Å². The molecule has 1 aromatic rings. The molecule has 5 nitrogen and oxygen atoms in total. The van der Waals surface area contributed by atoms with Crippen LogP contribution in [0.1, 0.15) is 32.6 Å². The van der Waals surface area contributed by atoms with Crippen molar-refractivity contribution >= 4 is 23.4 Å². The van der Waals surface area contributed by atoms with Crippen LogP contribution in [0.25, 0.3) is 0 Å². The maximum absolute atomic E-state index is 6.13. The number of hydrogen-bond acceptors (Lipinski definition) is 5. The van der Waals surface area contributed by atoms with Crippen molar-refractivity contribution in [3.05, 3.63) is 11.2 Å². The summed E-state index contributed by atoms with van der Waals surface area (Å²) in [5.74, 6) is 1.33. The number of nitrogens with one attached hydrogen (secondary N) is 2. The third kappa shape index (κ3) is 3.94. The molecule has 0 radical (unpaired) electrons. The zero-order valence-corrected chi connectivity index (χ0v) is 12.2. The van der Waals surface area contributed by atoms with Crippen molar-refractivity contribution in [1.29, 1.82) is 0 Å². The van der Waals surface area contributed by atoms with Gasteiger partial charge in [0.05, 0.1) is 12.3 Å². The molecule has 1 fully saturated rings. The summed E-state index contributed by atoms with van der Waals surface area (Å²) >= 11 is 6.13. The van der Waals surface area contributed by atoms with Gasteiger partial charge in [-0.3, -0.25) is 0 Å². The summed E-state index contributed by atoms with van der Waals surface area (Å²) in [5, 5.41) is 7.11. The molecular weight excluding hydrogens is 264 g/mol. The Balaban J connectivity index is 1.98. The fourth-order valence-corrected chi connectivity index (χ4v) is 2.41. The first-order valence-electron chi connectivity index (χ1n) is 6.78. The van der Waals surface area contributed by atoms with E-state index < -0.39 is 0 Å². The molecular formula is C13H21ClN4O. The number of aromatic nitrogens is 2. The molecule has 2 atom stereocenters. The molecule has 106 valence electrons. The first-order chi connectivity index (χ1) is 9.22. The molecule has 0 bridgehead atoms. The second-order valence-corrected chi connectivity index (χ2v) is 5.24. The highest BCUT2D eigenvalue weighted by molar-refractivity contribution is 6.32. The van der Waals surface area contributed by atoms with E-state index in [0.29, 0.717) is 28.9 Å². The Labute approximate surface area is 119 Å². The number of hydrogen-bond donors (Lipinski definition) is 2. The van der Waals surface area contributed by atoms with Crippen molar-refractivity contribution < 1.29 is 4.74 Å². The quantitative estimate of drug-likeness (QED) is 0.841.